The van der Waals surface area contributed by atoms with Gasteiger partial charge in [-0.05, 0) is 38.8 Å². The molecule has 1 unspecified atom stereocenters. The van der Waals surface area contributed by atoms with E-state index in [4.69, 9.17) is 4.74 Å². The fraction of sp³-hybridized carbons (Fsp3) is 0.625. The second-order valence-corrected chi connectivity index (χ2v) is 5.43. The molecule has 0 aliphatic rings. The second-order valence-electron chi connectivity index (χ2n) is 5.43. The lowest BCUT2D eigenvalue weighted by Crippen LogP contribution is -2.27. The van der Waals surface area contributed by atoms with E-state index in [1.54, 1.807) is 7.11 Å². The Morgan fingerprint density at radius 3 is 2.53 bits per heavy atom. The van der Waals surface area contributed by atoms with Gasteiger partial charge in [-0.1, -0.05) is 24.6 Å². The summed E-state index contributed by atoms with van der Waals surface area (Å²) in [7, 11) is 3.82. The minimum absolute atomic E-state index is 0.255. The zero-order valence-corrected chi connectivity index (χ0v) is 12.9. The minimum atomic E-state index is 0.255. The van der Waals surface area contributed by atoms with Gasteiger partial charge in [0.05, 0.1) is 7.11 Å². The van der Waals surface area contributed by atoms with Crippen LogP contribution in [0.2, 0.25) is 0 Å². The van der Waals surface area contributed by atoms with Crippen LogP contribution in [0.5, 0.6) is 5.75 Å². The summed E-state index contributed by atoms with van der Waals surface area (Å²) in [5.41, 5.74) is 3.66. The molecular weight excluding hydrogens is 238 g/mol. The lowest BCUT2D eigenvalue weighted by molar-refractivity contribution is 0.172. The van der Waals surface area contributed by atoms with Crippen molar-refractivity contribution in [3.8, 4) is 5.75 Å². The van der Waals surface area contributed by atoms with Crippen LogP contribution < -0.4 is 4.74 Å². The third kappa shape index (κ3) is 4.51. The van der Waals surface area contributed by atoms with Crippen molar-refractivity contribution in [1.29, 1.82) is 0 Å². The van der Waals surface area contributed by atoms with E-state index < -0.39 is 0 Å². The molecule has 3 nitrogen and oxygen atoms in total. The number of aliphatic hydroxyl groups is 1. The average molecular weight is 265 g/mol. The molecule has 1 N–H and O–H groups in total. The van der Waals surface area contributed by atoms with Crippen LogP contribution in [-0.2, 0) is 6.54 Å². The highest BCUT2D eigenvalue weighted by molar-refractivity contribution is 5.43. The van der Waals surface area contributed by atoms with Crippen molar-refractivity contribution in [3.05, 3.63) is 28.8 Å². The number of methoxy groups -OCH3 is 1. The summed E-state index contributed by atoms with van der Waals surface area (Å²) in [5.74, 6) is 1.33. The largest absolute Gasteiger partial charge is 0.496 e. The van der Waals surface area contributed by atoms with Crippen LogP contribution in [0.1, 0.15) is 30.0 Å². The van der Waals surface area contributed by atoms with Crippen molar-refractivity contribution in [2.75, 3.05) is 27.3 Å². The van der Waals surface area contributed by atoms with E-state index in [9.17, 15) is 5.11 Å². The number of nitrogens with zero attached hydrogens (tertiary/aromatic N) is 1. The highest BCUT2D eigenvalue weighted by atomic mass is 16.5. The van der Waals surface area contributed by atoms with E-state index >= 15 is 0 Å². The van der Waals surface area contributed by atoms with Crippen LogP contribution >= 0.6 is 0 Å². The van der Waals surface area contributed by atoms with Crippen molar-refractivity contribution in [2.45, 2.75) is 33.7 Å². The Bertz CT molecular complexity index is 400. The number of aliphatic hydroxyl groups excluding tert-OH is 1. The van der Waals surface area contributed by atoms with Crippen LogP contribution in [0.3, 0.4) is 0 Å². The van der Waals surface area contributed by atoms with Gasteiger partial charge in [0, 0.05) is 25.3 Å². The molecule has 1 aromatic rings. The Hall–Kier alpha value is -1.06. The molecule has 0 spiro atoms. The number of hydrogen-bond donors (Lipinski definition) is 1. The van der Waals surface area contributed by atoms with Gasteiger partial charge >= 0.3 is 0 Å². The first-order chi connectivity index (χ1) is 9.01. The van der Waals surface area contributed by atoms with Gasteiger partial charge in [0.1, 0.15) is 5.75 Å². The zero-order valence-electron chi connectivity index (χ0n) is 12.9. The lowest BCUT2D eigenvalue weighted by atomic mass is 10.0. The number of benzene rings is 1. The molecule has 0 aromatic heterocycles. The molecule has 19 heavy (non-hydrogen) atoms. The summed E-state index contributed by atoms with van der Waals surface area (Å²) in [6.07, 6.45) is 1.00. The fourth-order valence-electron chi connectivity index (χ4n) is 2.56. The number of rotatable bonds is 7. The maximum Gasteiger partial charge on any atom is 0.126 e. The van der Waals surface area contributed by atoms with Crippen LogP contribution in [0.15, 0.2) is 12.1 Å². The first kappa shape index (κ1) is 16.0. The predicted octanol–water partition coefficient (Wildman–Crippen LogP) is 2.76. The second kappa shape index (κ2) is 7.51. The van der Waals surface area contributed by atoms with Gasteiger partial charge < -0.3 is 14.7 Å². The zero-order chi connectivity index (χ0) is 14.4. The summed E-state index contributed by atoms with van der Waals surface area (Å²) in [6, 6.07) is 4.33. The maximum atomic E-state index is 9.28. The van der Waals surface area contributed by atoms with Gasteiger partial charge in [-0.2, -0.15) is 0 Å². The van der Waals surface area contributed by atoms with Gasteiger partial charge in [-0.3, -0.25) is 0 Å². The number of hydrogen-bond acceptors (Lipinski definition) is 3. The minimum Gasteiger partial charge on any atom is -0.496 e. The lowest BCUT2D eigenvalue weighted by Gasteiger charge is -2.23. The van der Waals surface area contributed by atoms with Crippen molar-refractivity contribution in [3.63, 3.8) is 0 Å². The van der Waals surface area contributed by atoms with E-state index in [0.29, 0.717) is 5.92 Å². The van der Waals surface area contributed by atoms with E-state index in [1.165, 1.54) is 16.7 Å². The predicted molar refractivity (Wildman–Crippen MR) is 79.7 cm³/mol. The van der Waals surface area contributed by atoms with Crippen LogP contribution in [0, 0.1) is 19.8 Å². The molecule has 0 radical (unpaired) electrons. The van der Waals surface area contributed by atoms with Gasteiger partial charge in [-0.25, -0.2) is 0 Å². The number of aryl methyl sites for hydroxylation is 2. The first-order valence-electron chi connectivity index (χ1n) is 6.95. The Morgan fingerprint density at radius 2 is 2.00 bits per heavy atom. The maximum absolute atomic E-state index is 9.28. The molecular formula is C16H27NO2. The summed E-state index contributed by atoms with van der Waals surface area (Å²) in [4.78, 5) is 2.25. The van der Waals surface area contributed by atoms with Gasteiger partial charge in [0.15, 0.2) is 0 Å². The molecule has 1 rings (SSSR count). The average Bonchev–Trinajstić information content (AvgIpc) is 2.35. The summed E-state index contributed by atoms with van der Waals surface area (Å²) in [5, 5.41) is 9.28. The van der Waals surface area contributed by atoms with Crippen molar-refractivity contribution >= 4 is 0 Å². The topological polar surface area (TPSA) is 32.7 Å². The highest BCUT2D eigenvalue weighted by Crippen LogP contribution is 2.26. The van der Waals surface area contributed by atoms with E-state index in [-0.39, 0.29) is 6.61 Å². The molecule has 0 saturated heterocycles. The van der Waals surface area contributed by atoms with Crippen molar-refractivity contribution < 1.29 is 9.84 Å². The summed E-state index contributed by atoms with van der Waals surface area (Å²) < 4.78 is 5.51. The third-order valence-electron chi connectivity index (χ3n) is 3.55. The smallest absolute Gasteiger partial charge is 0.126 e. The standard InChI is InChI=1S/C16H27NO2/c1-6-14(11-18)9-17(4)10-15-8-12(2)7-13(3)16(15)19-5/h7-8,14,18H,6,9-11H2,1-5H3. The van der Waals surface area contributed by atoms with Crippen molar-refractivity contribution in [1.82, 2.24) is 4.90 Å². The monoisotopic (exact) mass is 265 g/mol. The van der Waals surface area contributed by atoms with Gasteiger partial charge in [0.2, 0.25) is 0 Å². The normalized spacial score (nSPS) is 12.8. The molecule has 0 aliphatic carbocycles. The molecule has 0 amide bonds. The summed E-state index contributed by atoms with van der Waals surface area (Å²) >= 11 is 0. The quantitative estimate of drug-likeness (QED) is 0.823. The van der Waals surface area contributed by atoms with Crippen LogP contribution in [0.4, 0.5) is 0 Å². The molecule has 0 saturated carbocycles. The Kier molecular flexibility index (Phi) is 6.32. The Balaban J connectivity index is 2.81. The van der Waals surface area contributed by atoms with E-state index in [0.717, 1.165) is 25.3 Å². The SMILES string of the molecule is CCC(CO)CN(C)Cc1cc(C)cc(C)c1OC. The Morgan fingerprint density at radius 1 is 1.32 bits per heavy atom. The molecule has 0 fully saturated rings. The van der Waals surface area contributed by atoms with Crippen LogP contribution in [0.25, 0.3) is 0 Å². The van der Waals surface area contributed by atoms with Crippen molar-refractivity contribution in [2.24, 2.45) is 5.92 Å². The van der Waals surface area contributed by atoms with E-state index in [2.05, 4.69) is 44.9 Å². The summed E-state index contributed by atoms with van der Waals surface area (Å²) in [6.45, 7) is 8.32. The molecule has 1 atom stereocenters. The molecule has 108 valence electrons. The molecule has 0 heterocycles. The molecule has 1 aromatic carbocycles. The van der Waals surface area contributed by atoms with Crippen LogP contribution in [-0.4, -0.2) is 37.3 Å². The third-order valence-corrected chi connectivity index (χ3v) is 3.55. The Labute approximate surface area is 117 Å². The number of ether oxygens (including phenoxy) is 1. The highest BCUT2D eigenvalue weighted by Gasteiger charge is 2.13. The first-order valence-corrected chi connectivity index (χ1v) is 6.95. The van der Waals surface area contributed by atoms with E-state index in [1.807, 2.05) is 0 Å². The van der Waals surface area contributed by atoms with Gasteiger partial charge in [0.25, 0.3) is 0 Å². The molecule has 0 bridgehead atoms. The molecule has 3 heteroatoms. The molecule has 0 aliphatic heterocycles. The fourth-order valence-corrected chi connectivity index (χ4v) is 2.56. The van der Waals surface area contributed by atoms with Gasteiger partial charge in [-0.15, -0.1) is 0 Å².